The quantitative estimate of drug-likeness (QED) is 0.842. The fraction of sp³-hybridized carbons (Fsp3) is 0.273. The van der Waals surface area contributed by atoms with Crippen LogP contribution in [0.1, 0.15) is 12.5 Å². The highest BCUT2D eigenvalue weighted by Crippen LogP contribution is 2.19. The second-order valence-electron chi connectivity index (χ2n) is 3.39. The number of ether oxygens (including phenoxy) is 1. The van der Waals surface area contributed by atoms with Gasteiger partial charge >= 0.3 is 6.09 Å². The third-order valence-electron chi connectivity index (χ3n) is 2.25. The first-order valence-corrected chi connectivity index (χ1v) is 5.09. The standard InChI is InChI=1S/C11H13N3O2/c1-3-16-11(15)13-9-7-12-14-6-4-5-8(2)10(9)14/h4-7H,3H2,1-2H3,(H,13,15). The van der Waals surface area contributed by atoms with Crippen molar-refractivity contribution in [3.63, 3.8) is 0 Å². The molecule has 0 saturated heterocycles. The lowest BCUT2D eigenvalue weighted by Crippen LogP contribution is -2.13. The van der Waals surface area contributed by atoms with Crippen LogP contribution in [-0.2, 0) is 4.74 Å². The maximum absolute atomic E-state index is 11.3. The summed E-state index contributed by atoms with van der Waals surface area (Å²) in [4.78, 5) is 11.3. The number of nitrogens with zero attached hydrogens (tertiary/aromatic N) is 2. The molecule has 0 bridgehead atoms. The molecule has 2 aromatic heterocycles. The minimum Gasteiger partial charge on any atom is -0.450 e. The van der Waals surface area contributed by atoms with Crippen LogP contribution in [0.15, 0.2) is 24.5 Å². The number of aromatic nitrogens is 2. The van der Waals surface area contributed by atoms with Crippen molar-refractivity contribution in [3.05, 3.63) is 30.1 Å². The lowest BCUT2D eigenvalue weighted by Gasteiger charge is -2.04. The Hall–Kier alpha value is -2.04. The Morgan fingerprint density at radius 1 is 1.62 bits per heavy atom. The summed E-state index contributed by atoms with van der Waals surface area (Å²) in [7, 11) is 0. The van der Waals surface area contributed by atoms with E-state index in [1.54, 1.807) is 17.6 Å². The molecule has 1 amide bonds. The predicted molar refractivity (Wildman–Crippen MR) is 60.6 cm³/mol. The fourth-order valence-electron chi connectivity index (χ4n) is 1.58. The van der Waals surface area contributed by atoms with Gasteiger partial charge in [-0.2, -0.15) is 5.10 Å². The molecule has 0 radical (unpaired) electrons. The molecule has 1 N–H and O–H groups in total. The van der Waals surface area contributed by atoms with Crippen LogP contribution in [0.25, 0.3) is 5.52 Å². The molecule has 5 heteroatoms. The van der Waals surface area contributed by atoms with Crippen molar-refractivity contribution in [1.82, 2.24) is 9.61 Å². The largest absolute Gasteiger partial charge is 0.450 e. The van der Waals surface area contributed by atoms with Crippen LogP contribution in [-0.4, -0.2) is 22.3 Å². The number of pyridine rings is 1. The van der Waals surface area contributed by atoms with E-state index in [-0.39, 0.29) is 0 Å². The zero-order valence-corrected chi connectivity index (χ0v) is 9.23. The van der Waals surface area contributed by atoms with Crippen LogP contribution in [0.2, 0.25) is 0 Å². The van der Waals surface area contributed by atoms with Gasteiger partial charge in [-0.05, 0) is 25.5 Å². The summed E-state index contributed by atoms with van der Waals surface area (Å²) in [5, 5.41) is 6.80. The van der Waals surface area contributed by atoms with E-state index in [9.17, 15) is 4.79 Å². The molecule has 84 valence electrons. The van der Waals surface area contributed by atoms with Crippen molar-refractivity contribution < 1.29 is 9.53 Å². The number of rotatable bonds is 2. The lowest BCUT2D eigenvalue weighted by molar-refractivity contribution is 0.168. The summed E-state index contributed by atoms with van der Waals surface area (Å²) < 4.78 is 6.54. The van der Waals surface area contributed by atoms with Gasteiger partial charge in [0.25, 0.3) is 0 Å². The maximum atomic E-state index is 11.3. The lowest BCUT2D eigenvalue weighted by atomic mass is 10.2. The predicted octanol–water partition coefficient (Wildman–Crippen LogP) is 2.21. The van der Waals surface area contributed by atoms with Gasteiger partial charge < -0.3 is 4.74 Å². The topological polar surface area (TPSA) is 55.6 Å². The molecular formula is C11H13N3O2. The number of carbonyl (C=O) groups is 1. The fourth-order valence-corrected chi connectivity index (χ4v) is 1.58. The Morgan fingerprint density at radius 3 is 3.19 bits per heavy atom. The first-order valence-electron chi connectivity index (χ1n) is 5.09. The Morgan fingerprint density at radius 2 is 2.44 bits per heavy atom. The molecule has 0 saturated carbocycles. The van der Waals surface area contributed by atoms with E-state index in [4.69, 9.17) is 4.74 Å². The Kier molecular flexibility index (Phi) is 2.76. The van der Waals surface area contributed by atoms with Crippen molar-refractivity contribution in [2.75, 3.05) is 11.9 Å². The summed E-state index contributed by atoms with van der Waals surface area (Å²) in [5.41, 5.74) is 2.60. The van der Waals surface area contributed by atoms with Crippen LogP contribution in [0.5, 0.6) is 0 Å². The molecule has 5 nitrogen and oxygen atoms in total. The van der Waals surface area contributed by atoms with Gasteiger partial charge in [0.05, 0.1) is 24.0 Å². The van der Waals surface area contributed by atoms with Crippen LogP contribution in [0, 0.1) is 6.92 Å². The summed E-state index contributed by atoms with van der Waals surface area (Å²) >= 11 is 0. The van der Waals surface area contributed by atoms with Crippen molar-refractivity contribution in [1.29, 1.82) is 0 Å². The van der Waals surface area contributed by atoms with Crippen molar-refractivity contribution in [2.24, 2.45) is 0 Å². The highest BCUT2D eigenvalue weighted by atomic mass is 16.5. The van der Waals surface area contributed by atoms with Crippen molar-refractivity contribution >= 4 is 17.3 Å². The average Bonchev–Trinajstić information content (AvgIpc) is 2.63. The molecule has 16 heavy (non-hydrogen) atoms. The summed E-state index contributed by atoms with van der Waals surface area (Å²) in [6, 6.07) is 3.87. The molecular weight excluding hydrogens is 206 g/mol. The first kappa shape index (κ1) is 10.5. The summed E-state index contributed by atoms with van der Waals surface area (Å²) in [6.45, 7) is 4.08. The second kappa shape index (κ2) is 4.22. The van der Waals surface area contributed by atoms with E-state index >= 15 is 0 Å². The molecule has 0 aliphatic heterocycles. The van der Waals surface area contributed by atoms with Gasteiger partial charge in [0, 0.05) is 6.20 Å². The zero-order chi connectivity index (χ0) is 11.5. The molecule has 0 aliphatic rings. The minimum absolute atomic E-state index is 0.351. The van der Waals surface area contributed by atoms with Crippen LogP contribution >= 0.6 is 0 Å². The van der Waals surface area contributed by atoms with Crippen LogP contribution < -0.4 is 5.32 Å². The SMILES string of the molecule is CCOC(=O)Nc1cnn2cccc(C)c12. The number of amides is 1. The van der Waals surface area contributed by atoms with E-state index < -0.39 is 6.09 Å². The monoisotopic (exact) mass is 219 g/mol. The number of carbonyl (C=O) groups excluding carboxylic acids is 1. The highest BCUT2D eigenvalue weighted by molar-refractivity contribution is 5.91. The highest BCUT2D eigenvalue weighted by Gasteiger charge is 2.09. The second-order valence-corrected chi connectivity index (χ2v) is 3.39. The van der Waals surface area contributed by atoms with Crippen molar-refractivity contribution in [3.8, 4) is 0 Å². The summed E-state index contributed by atoms with van der Waals surface area (Å²) in [5.74, 6) is 0. The van der Waals surface area contributed by atoms with E-state index in [0.717, 1.165) is 11.1 Å². The third kappa shape index (κ3) is 1.84. The minimum atomic E-state index is -0.458. The molecule has 2 heterocycles. The van der Waals surface area contributed by atoms with E-state index in [1.165, 1.54) is 0 Å². The number of hydrogen-bond donors (Lipinski definition) is 1. The molecule has 0 aliphatic carbocycles. The Bertz CT molecular complexity index is 519. The molecule has 2 aromatic rings. The number of aryl methyl sites for hydroxylation is 1. The van der Waals surface area contributed by atoms with Gasteiger partial charge in [0.15, 0.2) is 0 Å². The molecule has 0 unspecified atom stereocenters. The smallest absolute Gasteiger partial charge is 0.411 e. The normalized spacial score (nSPS) is 10.4. The third-order valence-corrected chi connectivity index (χ3v) is 2.25. The van der Waals surface area contributed by atoms with Gasteiger partial charge in [0.2, 0.25) is 0 Å². The van der Waals surface area contributed by atoms with Crippen LogP contribution in [0.4, 0.5) is 10.5 Å². The van der Waals surface area contributed by atoms with Gasteiger partial charge in [-0.25, -0.2) is 9.31 Å². The summed E-state index contributed by atoms with van der Waals surface area (Å²) in [6.07, 6.45) is 2.98. The number of anilines is 1. The molecule has 0 atom stereocenters. The van der Waals surface area contributed by atoms with E-state index in [1.807, 2.05) is 25.3 Å². The molecule has 0 fully saturated rings. The molecule has 0 spiro atoms. The van der Waals surface area contributed by atoms with E-state index in [2.05, 4.69) is 10.4 Å². The number of hydrogen-bond acceptors (Lipinski definition) is 3. The van der Waals surface area contributed by atoms with Gasteiger partial charge in [-0.3, -0.25) is 5.32 Å². The zero-order valence-electron chi connectivity index (χ0n) is 9.23. The van der Waals surface area contributed by atoms with Crippen molar-refractivity contribution in [2.45, 2.75) is 13.8 Å². The van der Waals surface area contributed by atoms with Gasteiger partial charge in [-0.1, -0.05) is 6.07 Å². The molecule has 2 rings (SSSR count). The average molecular weight is 219 g/mol. The molecule has 0 aromatic carbocycles. The number of nitrogens with one attached hydrogen (secondary N) is 1. The Labute approximate surface area is 93.0 Å². The Balaban J connectivity index is 2.34. The van der Waals surface area contributed by atoms with Gasteiger partial charge in [0.1, 0.15) is 0 Å². The van der Waals surface area contributed by atoms with Gasteiger partial charge in [-0.15, -0.1) is 0 Å². The first-order chi connectivity index (χ1) is 7.72. The maximum Gasteiger partial charge on any atom is 0.411 e. The van der Waals surface area contributed by atoms with Crippen LogP contribution in [0.3, 0.4) is 0 Å². The number of fused-ring (bicyclic) bond motifs is 1. The van der Waals surface area contributed by atoms with E-state index in [0.29, 0.717) is 12.3 Å².